The molecule has 106 valence electrons. The van der Waals surface area contributed by atoms with Crippen molar-refractivity contribution in [2.75, 3.05) is 44.8 Å². The van der Waals surface area contributed by atoms with Crippen LogP contribution in [0.15, 0.2) is 17.2 Å². The van der Waals surface area contributed by atoms with Gasteiger partial charge in [-0.1, -0.05) is 0 Å². The Hall–Kier alpha value is -1.40. The highest BCUT2D eigenvalue weighted by atomic mass is 16.5. The number of nitrogens with one attached hydrogen (secondary N) is 2. The van der Waals surface area contributed by atoms with Crippen LogP contribution in [0, 0.1) is 5.92 Å². The van der Waals surface area contributed by atoms with Crippen molar-refractivity contribution in [2.45, 2.75) is 12.8 Å². The van der Waals surface area contributed by atoms with Gasteiger partial charge >= 0.3 is 0 Å². The lowest BCUT2D eigenvalue weighted by Gasteiger charge is -2.32. The molecule has 0 bridgehead atoms. The second-order valence-electron chi connectivity index (χ2n) is 4.90. The van der Waals surface area contributed by atoms with E-state index in [0.717, 1.165) is 51.4 Å². The Morgan fingerprint density at radius 1 is 1.53 bits per heavy atom. The fraction of sp³-hybridized carbons (Fsp3) is 0.692. The minimum atomic E-state index is -0.0895. The molecule has 6 heteroatoms. The van der Waals surface area contributed by atoms with E-state index in [1.807, 2.05) is 0 Å². The van der Waals surface area contributed by atoms with Crippen molar-refractivity contribution < 1.29 is 4.74 Å². The van der Waals surface area contributed by atoms with E-state index in [0.29, 0.717) is 5.92 Å². The first kappa shape index (κ1) is 14.0. The molecule has 1 aromatic heterocycles. The summed E-state index contributed by atoms with van der Waals surface area (Å²) in [5.41, 5.74) is -0.0895. The van der Waals surface area contributed by atoms with Crippen LogP contribution in [0.1, 0.15) is 12.8 Å². The topological polar surface area (TPSA) is 70.2 Å². The van der Waals surface area contributed by atoms with E-state index < -0.39 is 0 Å². The molecular weight excluding hydrogens is 244 g/mol. The number of hydrogen-bond donors (Lipinski definition) is 2. The van der Waals surface area contributed by atoms with E-state index in [-0.39, 0.29) is 5.56 Å². The molecule has 1 aromatic rings. The van der Waals surface area contributed by atoms with Crippen LogP contribution in [0.25, 0.3) is 0 Å². The largest absolute Gasteiger partial charge is 0.383 e. The Kier molecular flexibility index (Phi) is 5.35. The summed E-state index contributed by atoms with van der Waals surface area (Å²) in [6, 6.07) is 1.57. The molecular formula is C13H22N4O2. The standard InChI is InChI=1S/C13H22N4O2/c1-19-7-4-14-9-11-2-5-17(6-3-11)12-8-13(18)16-10-15-12/h8,10-11,14H,2-7,9H2,1H3,(H,15,16,18). The molecule has 0 spiro atoms. The monoisotopic (exact) mass is 266 g/mol. The number of piperidine rings is 1. The zero-order chi connectivity index (χ0) is 13.5. The third-order valence-electron chi connectivity index (χ3n) is 3.52. The van der Waals surface area contributed by atoms with Crippen LogP contribution in [-0.2, 0) is 4.74 Å². The number of aromatic nitrogens is 2. The zero-order valence-corrected chi connectivity index (χ0v) is 11.4. The normalized spacial score (nSPS) is 16.8. The predicted molar refractivity (Wildman–Crippen MR) is 74.5 cm³/mol. The number of anilines is 1. The van der Waals surface area contributed by atoms with E-state index in [9.17, 15) is 4.79 Å². The molecule has 1 aliphatic rings. The highest BCUT2D eigenvalue weighted by molar-refractivity contribution is 5.36. The minimum Gasteiger partial charge on any atom is -0.383 e. The summed E-state index contributed by atoms with van der Waals surface area (Å²) in [6.07, 6.45) is 3.74. The Labute approximate surface area is 113 Å². The quantitative estimate of drug-likeness (QED) is 0.721. The maximum absolute atomic E-state index is 11.3. The number of rotatable bonds is 6. The summed E-state index contributed by atoms with van der Waals surface area (Å²) in [7, 11) is 1.72. The van der Waals surface area contributed by atoms with Gasteiger partial charge in [-0.15, -0.1) is 0 Å². The van der Waals surface area contributed by atoms with Gasteiger partial charge in [0.25, 0.3) is 5.56 Å². The van der Waals surface area contributed by atoms with Crippen LogP contribution in [0.5, 0.6) is 0 Å². The van der Waals surface area contributed by atoms with Gasteiger partial charge in [0, 0.05) is 32.8 Å². The first-order chi connectivity index (χ1) is 9.29. The number of H-pyrrole nitrogens is 1. The van der Waals surface area contributed by atoms with Gasteiger partial charge < -0.3 is 19.9 Å². The molecule has 0 aromatic carbocycles. The van der Waals surface area contributed by atoms with Crippen LogP contribution in [0.4, 0.5) is 5.82 Å². The van der Waals surface area contributed by atoms with Crippen molar-refractivity contribution in [3.05, 3.63) is 22.7 Å². The molecule has 0 radical (unpaired) electrons. The highest BCUT2D eigenvalue weighted by Gasteiger charge is 2.19. The molecule has 6 nitrogen and oxygen atoms in total. The van der Waals surface area contributed by atoms with Crippen LogP contribution in [-0.4, -0.2) is 49.9 Å². The maximum atomic E-state index is 11.3. The smallest absolute Gasteiger partial charge is 0.252 e. The molecule has 1 aliphatic heterocycles. The molecule has 19 heavy (non-hydrogen) atoms. The highest BCUT2D eigenvalue weighted by Crippen LogP contribution is 2.19. The zero-order valence-electron chi connectivity index (χ0n) is 11.4. The van der Waals surface area contributed by atoms with Crippen molar-refractivity contribution in [1.29, 1.82) is 0 Å². The fourth-order valence-electron chi connectivity index (χ4n) is 2.38. The second-order valence-corrected chi connectivity index (χ2v) is 4.90. The minimum absolute atomic E-state index is 0.0895. The molecule has 2 N–H and O–H groups in total. The van der Waals surface area contributed by atoms with Crippen LogP contribution in [0.3, 0.4) is 0 Å². The number of hydrogen-bond acceptors (Lipinski definition) is 5. The Morgan fingerprint density at radius 2 is 2.32 bits per heavy atom. The number of nitrogens with zero attached hydrogens (tertiary/aromatic N) is 2. The molecule has 2 rings (SSSR count). The Morgan fingerprint density at radius 3 is 3.00 bits per heavy atom. The van der Waals surface area contributed by atoms with Crippen molar-refractivity contribution in [2.24, 2.45) is 5.92 Å². The van der Waals surface area contributed by atoms with Crippen molar-refractivity contribution >= 4 is 5.82 Å². The lowest BCUT2D eigenvalue weighted by Crippen LogP contribution is -2.38. The maximum Gasteiger partial charge on any atom is 0.252 e. The van der Waals surface area contributed by atoms with Gasteiger partial charge in [0.15, 0.2) is 0 Å². The van der Waals surface area contributed by atoms with Gasteiger partial charge in [-0.05, 0) is 25.3 Å². The summed E-state index contributed by atoms with van der Waals surface area (Å²) in [6.45, 7) is 4.64. The number of ether oxygens (including phenoxy) is 1. The number of aromatic amines is 1. The lowest BCUT2D eigenvalue weighted by atomic mass is 9.97. The van der Waals surface area contributed by atoms with Gasteiger partial charge in [-0.2, -0.15) is 0 Å². The van der Waals surface area contributed by atoms with Gasteiger partial charge in [0.05, 0.1) is 12.9 Å². The van der Waals surface area contributed by atoms with Crippen molar-refractivity contribution in [1.82, 2.24) is 15.3 Å². The van der Waals surface area contributed by atoms with Gasteiger partial charge in [-0.25, -0.2) is 4.98 Å². The number of methoxy groups -OCH3 is 1. The van der Waals surface area contributed by atoms with Gasteiger partial charge in [-0.3, -0.25) is 4.79 Å². The molecule has 0 unspecified atom stereocenters. The predicted octanol–water partition coefficient (Wildman–Crippen LogP) is 0.222. The summed E-state index contributed by atoms with van der Waals surface area (Å²) in [5, 5.41) is 3.41. The van der Waals surface area contributed by atoms with E-state index in [2.05, 4.69) is 20.2 Å². The van der Waals surface area contributed by atoms with Crippen LogP contribution < -0.4 is 15.8 Å². The van der Waals surface area contributed by atoms with Crippen LogP contribution >= 0.6 is 0 Å². The molecule has 0 aliphatic carbocycles. The van der Waals surface area contributed by atoms with E-state index >= 15 is 0 Å². The molecule has 0 amide bonds. The van der Waals surface area contributed by atoms with Crippen molar-refractivity contribution in [3.8, 4) is 0 Å². The first-order valence-corrected chi connectivity index (χ1v) is 6.79. The third-order valence-corrected chi connectivity index (χ3v) is 3.52. The average Bonchev–Trinajstić information content (AvgIpc) is 2.44. The summed E-state index contributed by atoms with van der Waals surface area (Å²) in [5.74, 6) is 1.49. The van der Waals surface area contributed by atoms with Crippen molar-refractivity contribution in [3.63, 3.8) is 0 Å². The van der Waals surface area contributed by atoms with E-state index in [1.165, 1.54) is 6.33 Å². The molecule has 1 saturated heterocycles. The molecule has 0 saturated carbocycles. The SMILES string of the molecule is COCCNCC1CCN(c2cc(=O)[nH]cn2)CC1. The van der Waals surface area contributed by atoms with Crippen LogP contribution in [0.2, 0.25) is 0 Å². The average molecular weight is 266 g/mol. The summed E-state index contributed by atoms with van der Waals surface area (Å²) >= 11 is 0. The molecule has 1 fully saturated rings. The summed E-state index contributed by atoms with van der Waals surface area (Å²) in [4.78, 5) is 20.2. The Bertz CT molecular complexity index is 427. The summed E-state index contributed by atoms with van der Waals surface area (Å²) < 4.78 is 5.01. The fourth-order valence-corrected chi connectivity index (χ4v) is 2.38. The van der Waals surface area contributed by atoms with E-state index in [4.69, 9.17) is 4.74 Å². The molecule has 2 heterocycles. The van der Waals surface area contributed by atoms with Gasteiger partial charge in [0.1, 0.15) is 5.82 Å². The molecule has 0 atom stereocenters. The van der Waals surface area contributed by atoms with Gasteiger partial charge in [0.2, 0.25) is 0 Å². The van der Waals surface area contributed by atoms with E-state index in [1.54, 1.807) is 13.2 Å². The lowest BCUT2D eigenvalue weighted by molar-refractivity contribution is 0.196. The Balaban J connectivity index is 1.74. The first-order valence-electron chi connectivity index (χ1n) is 6.79. The third kappa shape index (κ3) is 4.33. The second kappa shape index (κ2) is 7.25.